The summed E-state index contributed by atoms with van der Waals surface area (Å²) in [5.74, 6) is -0.876. The number of nitrogens with zero attached hydrogens (tertiary/aromatic N) is 1. The van der Waals surface area contributed by atoms with E-state index in [-0.39, 0.29) is 22.2 Å². The first-order valence-electron chi connectivity index (χ1n) is 6.31. The van der Waals surface area contributed by atoms with E-state index in [9.17, 15) is 19.7 Å². The van der Waals surface area contributed by atoms with Crippen LogP contribution < -0.4 is 16.2 Å². The number of carbonyl (C=O) groups is 2. The molecule has 0 radical (unpaired) electrons. The van der Waals surface area contributed by atoms with Crippen molar-refractivity contribution in [3.63, 3.8) is 0 Å². The normalized spacial score (nSPS) is 10.8. The number of hydrazine groups is 1. The van der Waals surface area contributed by atoms with Crippen LogP contribution in [-0.4, -0.2) is 23.3 Å². The van der Waals surface area contributed by atoms with E-state index >= 15 is 0 Å². The van der Waals surface area contributed by atoms with Crippen molar-refractivity contribution in [3.8, 4) is 0 Å². The number of non-ortho nitro benzene ring substituents is 1. The van der Waals surface area contributed by atoms with E-state index in [0.29, 0.717) is 12.2 Å². The van der Waals surface area contributed by atoms with Gasteiger partial charge >= 0.3 is 0 Å². The van der Waals surface area contributed by atoms with Gasteiger partial charge < -0.3 is 10.7 Å². The number of hydrogen-bond acceptors (Lipinski definition) is 5. The summed E-state index contributed by atoms with van der Waals surface area (Å²) < 4.78 is 0. The van der Waals surface area contributed by atoms with Crippen LogP contribution in [0.1, 0.15) is 24.2 Å². The number of nitro benzene ring substituents is 1. The highest BCUT2D eigenvalue weighted by Gasteiger charge is 2.14. The predicted molar refractivity (Wildman–Crippen MR) is 81.1 cm³/mol. The lowest BCUT2D eigenvalue weighted by Crippen LogP contribution is -2.37. The van der Waals surface area contributed by atoms with Crippen LogP contribution in [-0.2, 0) is 4.79 Å². The van der Waals surface area contributed by atoms with Crippen molar-refractivity contribution in [2.45, 2.75) is 13.8 Å². The maximum Gasteiger partial charge on any atom is 0.271 e. The summed E-state index contributed by atoms with van der Waals surface area (Å²) in [6, 6.07) is 3.52. The molecular weight excluding hydrogens is 312 g/mol. The van der Waals surface area contributed by atoms with E-state index in [0.717, 1.165) is 6.07 Å². The Labute approximate surface area is 131 Å². The van der Waals surface area contributed by atoms with Crippen LogP contribution in [0.25, 0.3) is 0 Å². The number of carbonyl (C=O) groups excluding carboxylic acids is 2. The van der Waals surface area contributed by atoms with Gasteiger partial charge in [-0.25, -0.2) is 0 Å². The van der Waals surface area contributed by atoms with Gasteiger partial charge in [0, 0.05) is 30.5 Å². The highest BCUT2D eigenvalue weighted by Crippen LogP contribution is 2.22. The summed E-state index contributed by atoms with van der Waals surface area (Å²) in [5, 5.41) is 13.1. The molecule has 0 fully saturated rings. The van der Waals surface area contributed by atoms with Crippen LogP contribution in [0.15, 0.2) is 30.0 Å². The highest BCUT2D eigenvalue weighted by atomic mass is 35.5. The fraction of sp³-hybridized carbons (Fsp3) is 0.231. The Balaban J connectivity index is 2.70. The minimum Gasteiger partial charge on any atom is -0.353 e. The first-order valence-corrected chi connectivity index (χ1v) is 6.69. The van der Waals surface area contributed by atoms with Gasteiger partial charge in [0.15, 0.2) is 0 Å². The van der Waals surface area contributed by atoms with Crippen molar-refractivity contribution in [2.75, 3.05) is 6.54 Å². The lowest BCUT2D eigenvalue weighted by atomic mass is 10.2. The minimum atomic E-state index is -0.606. The maximum atomic E-state index is 11.9. The second kappa shape index (κ2) is 7.99. The third kappa shape index (κ3) is 5.06. The SMILES string of the molecule is CCNC(=O)C=C(C)NNC(=O)c1ccc([N+](=O)[O-])cc1Cl. The zero-order valence-electron chi connectivity index (χ0n) is 12.0. The van der Waals surface area contributed by atoms with Gasteiger partial charge in [0.05, 0.1) is 15.5 Å². The molecule has 1 aromatic rings. The third-order valence-corrected chi connectivity index (χ3v) is 2.79. The fourth-order valence-corrected chi connectivity index (χ4v) is 1.74. The third-order valence-electron chi connectivity index (χ3n) is 2.48. The Morgan fingerprint density at radius 3 is 2.59 bits per heavy atom. The van der Waals surface area contributed by atoms with Crippen molar-refractivity contribution < 1.29 is 14.5 Å². The maximum absolute atomic E-state index is 11.9. The Kier molecular flexibility index (Phi) is 6.33. The quantitative estimate of drug-likeness (QED) is 0.416. The zero-order valence-corrected chi connectivity index (χ0v) is 12.7. The highest BCUT2D eigenvalue weighted by molar-refractivity contribution is 6.34. The van der Waals surface area contributed by atoms with Crippen molar-refractivity contribution in [1.29, 1.82) is 0 Å². The van der Waals surface area contributed by atoms with E-state index in [1.54, 1.807) is 13.8 Å². The number of hydrogen-bond donors (Lipinski definition) is 3. The predicted octanol–water partition coefficient (Wildman–Crippen LogP) is 1.52. The molecule has 3 N–H and O–H groups in total. The number of allylic oxidation sites excluding steroid dienone is 1. The average Bonchev–Trinajstić information content (AvgIpc) is 2.44. The monoisotopic (exact) mass is 326 g/mol. The average molecular weight is 327 g/mol. The van der Waals surface area contributed by atoms with Gasteiger partial charge in [-0.15, -0.1) is 0 Å². The summed E-state index contributed by atoms with van der Waals surface area (Å²) in [5.41, 5.74) is 5.17. The van der Waals surface area contributed by atoms with Crippen molar-refractivity contribution in [3.05, 3.63) is 50.7 Å². The van der Waals surface area contributed by atoms with Crippen LogP contribution in [0.2, 0.25) is 5.02 Å². The topological polar surface area (TPSA) is 113 Å². The molecule has 0 unspecified atom stereocenters. The Hall–Kier alpha value is -2.61. The summed E-state index contributed by atoms with van der Waals surface area (Å²) in [6.45, 7) is 3.87. The lowest BCUT2D eigenvalue weighted by molar-refractivity contribution is -0.384. The van der Waals surface area contributed by atoms with Crippen LogP contribution >= 0.6 is 11.6 Å². The number of amides is 2. The van der Waals surface area contributed by atoms with Crippen molar-refractivity contribution >= 4 is 29.1 Å². The standard InChI is InChI=1S/C13H15ClN4O4/c1-3-15-12(19)6-8(2)16-17-13(20)10-5-4-9(18(21)22)7-11(10)14/h4-7,16H,3H2,1-2H3,(H,15,19)(H,17,20). The summed E-state index contributed by atoms with van der Waals surface area (Å²) >= 11 is 5.84. The molecule has 0 saturated heterocycles. The van der Waals surface area contributed by atoms with Crippen LogP contribution in [0.4, 0.5) is 5.69 Å². The van der Waals surface area contributed by atoms with Gasteiger partial charge in [0.25, 0.3) is 11.6 Å². The van der Waals surface area contributed by atoms with E-state index in [1.165, 1.54) is 18.2 Å². The van der Waals surface area contributed by atoms with Crippen LogP contribution in [0.5, 0.6) is 0 Å². The van der Waals surface area contributed by atoms with Gasteiger partial charge in [-0.05, 0) is 19.9 Å². The summed E-state index contributed by atoms with van der Waals surface area (Å²) in [4.78, 5) is 33.2. The molecule has 8 nitrogen and oxygen atoms in total. The molecule has 0 aromatic heterocycles. The van der Waals surface area contributed by atoms with Crippen molar-refractivity contribution in [2.24, 2.45) is 0 Å². The number of rotatable bonds is 6. The van der Waals surface area contributed by atoms with Crippen LogP contribution in [0, 0.1) is 10.1 Å². The number of nitro groups is 1. The first-order chi connectivity index (χ1) is 10.3. The first kappa shape index (κ1) is 17.4. The van der Waals surface area contributed by atoms with Crippen LogP contribution in [0.3, 0.4) is 0 Å². The lowest BCUT2D eigenvalue weighted by Gasteiger charge is -2.09. The number of likely N-dealkylation sites (N-methyl/N-ethyl adjacent to an activating group) is 1. The molecule has 0 aliphatic carbocycles. The summed E-state index contributed by atoms with van der Waals surface area (Å²) in [6.07, 6.45) is 1.28. The van der Waals surface area contributed by atoms with E-state index in [2.05, 4.69) is 16.2 Å². The van der Waals surface area contributed by atoms with Crippen molar-refractivity contribution in [1.82, 2.24) is 16.2 Å². The van der Waals surface area contributed by atoms with Gasteiger partial charge in [0.1, 0.15) is 0 Å². The molecular formula is C13H15ClN4O4. The molecule has 118 valence electrons. The van der Waals surface area contributed by atoms with E-state index < -0.39 is 10.8 Å². The van der Waals surface area contributed by atoms with Gasteiger partial charge in [-0.1, -0.05) is 11.6 Å². The Morgan fingerprint density at radius 2 is 2.05 bits per heavy atom. The molecule has 0 aliphatic heterocycles. The van der Waals surface area contributed by atoms with E-state index in [4.69, 9.17) is 11.6 Å². The number of nitrogens with one attached hydrogen (secondary N) is 3. The Morgan fingerprint density at radius 1 is 1.36 bits per heavy atom. The Bertz CT molecular complexity index is 630. The molecule has 0 atom stereocenters. The number of halogens is 1. The molecule has 0 spiro atoms. The minimum absolute atomic E-state index is 0.0427. The molecule has 1 rings (SSSR count). The number of benzene rings is 1. The second-order valence-corrected chi connectivity index (χ2v) is 4.63. The largest absolute Gasteiger partial charge is 0.353 e. The molecule has 0 saturated carbocycles. The van der Waals surface area contributed by atoms with Gasteiger partial charge in [0.2, 0.25) is 5.91 Å². The van der Waals surface area contributed by atoms with Gasteiger partial charge in [-0.3, -0.25) is 25.1 Å². The summed E-state index contributed by atoms with van der Waals surface area (Å²) in [7, 11) is 0. The zero-order chi connectivity index (χ0) is 16.7. The molecule has 2 amide bonds. The van der Waals surface area contributed by atoms with Gasteiger partial charge in [-0.2, -0.15) is 0 Å². The smallest absolute Gasteiger partial charge is 0.271 e. The second-order valence-electron chi connectivity index (χ2n) is 4.22. The fourth-order valence-electron chi connectivity index (χ4n) is 1.48. The van der Waals surface area contributed by atoms with E-state index in [1.807, 2.05) is 0 Å². The molecule has 9 heteroatoms. The molecule has 0 aliphatic rings. The molecule has 22 heavy (non-hydrogen) atoms. The molecule has 0 bridgehead atoms. The molecule has 1 aromatic carbocycles. The molecule has 0 heterocycles.